The summed E-state index contributed by atoms with van der Waals surface area (Å²) in [5.74, 6) is 2.50. The summed E-state index contributed by atoms with van der Waals surface area (Å²) in [5, 5.41) is 10.4. The highest BCUT2D eigenvalue weighted by Crippen LogP contribution is 2.28. The molecule has 0 N–H and O–H groups in total. The first kappa shape index (κ1) is 19.5. The molecule has 146 valence electrons. The van der Waals surface area contributed by atoms with Gasteiger partial charge in [-0.2, -0.15) is 0 Å². The van der Waals surface area contributed by atoms with Crippen molar-refractivity contribution in [1.29, 1.82) is 0 Å². The van der Waals surface area contributed by atoms with E-state index in [0.717, 1.165) is 40.2 Å². The van der Waals surface area contributed by atoms with Crippen molar-refractivity contribution in [3.63, 3.8) is 0 Å². The van der Waals surface area contributed by atoms with Gasteiger partial charge in [0.15, 0.2) is 11.0 Å². The number of pyridine rings is 1. The highest BCUT2D eigenvalue weighted by atomic mass is 35.5. The number of ether oxygens (including phenoxy) is 1. The van der Waals surface area contributed by atoms with Crippen molar-refractivity contribution in [2.45, 2.75) is 11.6 Å². The Morgan fingerprint density at radius 3 is 2.41 bits per heavy atom. The van der Waals surface area contributed by atoms with E-state index >= 15 is 0 Å². The summed E-state index contributed by atoms with van der Waals surface area (Å²) in [6.45, 7) is 0.630. The topological polar surface area (TPSA) is 52.8 Å². The number of hydrogen-bond acceptors (Lipinski definition) is 5. The fourth-order valence-corrected chi connectivity index (χ4v) is 3.79. The smallest absolute Gasteiger partial charge is 0.196 e. The van der Waals surface area contributed by atoms with Gasteiger partial charge in [0, 0.05) is 34.4 Å². The van der Waals surface area contributed by atoms with Gasteiger partial charge in [0.2, 0.25) is 0 Å². The summed E-state index contributed by atoms with van der Waals surface area (Å²) in [7, 11) is 0. The Balaban J connectivity index is 1.44. The summed E-state index contributed by atoms with van der Waals surface area (Å²) >= 11 is 7.56. The van der Waals surface area contributed by atoms with E-state index in [9.17, 15) is 0 Å². The van der Waals surface area contributed by atoms with Crippen LogP contribution in [0, 0.1) is 0 Å². The number of thioether (sulfide) groups is 1. The van der Waals surface area contributed by atoms with Crippen molar-refractivity contribution >= 4 is 23.4 Å². The Bertz CT molecular complexity index is 1040. The van der Waals surface area contributed by atoms with Crippen LogP contribution in [0.2, 0.25) is 5.02 Å². The van der Waals surface area contributed by atoms with Gasteiger partial charge >= 0.3 is 0 Å². The van der Waals surface area contributed by atoms with Crippen LogP contribution in [0.1, 0.15) is 6.42 Å². The van der Waals surface area contributed by atoms with Crippen LogP contribution >= 0.6 is 23.4 Å². The number of hydrogen-bond donors (Lipinski definition) is 0. The molecule has 0 unspecified atom stereocenters. The Morgan fingerprint density at radius 1 is 0.897 bits per heavy atom. The average molecular weight is 423 g/mol. The maximum atomic E-state index is 5.90. The Morgan fingerprint density at radius 2 is 1.66 bits per heavy atom. The van der Waals surface area contributed by atoms with E-state index in [1.54, 1.807) is 24.2 Å². The van der Waals surface area contributed by atoms with Gasteiger partial charge in [-0.15, -0.1) is 10.2 Å². The van der Waals surface area contributed by atoms with Gasteiger partial charge in [0.25, 0.3) is 0 Å². The van der Waals surface area contributed by atoms with Crippen molar-refractivity contribution < 1.29 is 4.74 Å². The zero-order chi connectivity index (χ0) is 19.9. The van der Waals surface area contributed by atoms with Gasteiger partial charge in [-0.05, 0) is 55.0 Å². The predicted octanol–water partition coefficient (Wildman–Crippen LogP) is 5.54. The first-order chi connectivity index (χ1) is 14.3. The average Bonchev–Trinajstić information content (AvgIpc) is 3.20. The first-order valence-electron chi connectivity index (χ1n) is 9.24. The molecule has 0 spiro atoms. The third kappa shape index (κ3) is 4.96. The molecular weight excluding hydrogens is 404 g/mol. The third-order valence-electron chi connectivity index (χ3n) is 4.19. The molecule has 0 aliphatic carbocycles. The van der Waals surface area contributed by atoms with Crippen LogP contribution in [-0.4, -0.2) is 32.1 Å². The lowest BCUT2D eigenvalue weighted by Gasteiger charge is -2.10. The van der Waals surface area contributed by atoms with Crippen LogP contribution in [0.4, 0.5) is 0 Å². The van der Waals surface area contributed by atoms with E-state index in [1.165, 1.54) is 0 Å². The number of benzene rings is 2. The molecule has 2 heterocycles. The lowest BCUT2D eigenvalue weighted by molar-refractivity contribution is 0.318. The molecule has 0 saturated carbocycles. The van der Waals surface area contributed by atoms with Crippen molar-refractivity contribution in [2.75, 3.05) is 12.4 Å². The van der Waals surface area contributed by atoms with Gasteiger partial charge in [0.1, 0.15) is 5.75 Å². The molecule has 29 heavy (non-hydrogen) atoms. The summed E-state index contributed by atoms with van der Waals surface area (Å²) in [6, 6.07) is 21.4. The minimum atomic E-state index is 0.630. The summed E-state index contributed by atoms with van der Waals surface area (Å²) in [4.78, 5) is 4.10. The molecule has 0 aliphatic heterocycles. The lowest BCUT2D eigenvalue weighted by Crippen LogP contribution is -2.02. The number of aromatic nitrogens is 4. The molecule has 4 aromatic rings. The first-order valence-corrected chi connectivity index (χ1v) is 10.6. The molecule has 4 rings (SSSR count). The van der Waals surface area contributed by atoms with Crippen molar-refractivity contribution in [3.8, 4) is 22.8 Å². The van der Waals surface area contributed by atoms with Crippen molar-refractivity contribution in [3.05, 3.63) is 84.1 Å². The maximum Gasteiger partial charge on any atom is 0.196 e. The van der Waals surface area contributed by atoms with Gasteiger partial charge in [-0.3, -0.25) is 9.55 Å². The van der Waals surface area contributed by atoms with Crippen LogP contribution in [-0.2, 0) is 0 Å². The number of halogens is 1. The molecule has 0 saturated heterocycles. The van der Waals surface area contributed by atoms with Crippen LogP contribution in [0.5, 0.6) is 5.75 Å². The number of para-hydroxylation sites is 1. The quantitative estimate of drug-likeness (QED) is 0.275. The second kappa shape index (κ2) is 9.58. The van der Waals surface area contributed by atoms with E-state index in [0.29, 0.717) is 11.6 Å². The Hall–Kier alpha value is -2.83. The summed E-state index contributed by atoms with van der Waals surface area (Å²) < 4.78 is 7.85. The second-order valence-corrected chi connectivity index (χ2v) is 7.72. The van der Waals surface area contributed by atoms with Gasteiger partial charge in [-0.1, -0.05) is 41.6 Å². The molecule has 0 bridgehead atoms. The van der Waals surface area contributed by atoms with Gasteiger partial charge < -0.3 is 4.74 Å². The Kier molecular flexibility index (Phi) is 6.44. The minimum absolute atomic E-state index is 0.630. The van der Waals surface area contributed by atoms with Crippen LogP contribution in [0.25, 0.3) is 17.1 Å². The summed E-state index contributed by atoms with van der Waals surface area (Å²) in [6.07, 6.45) is 4.42. The molecule has 7 heteroatoms. The van der Waals surface area contributed by atoms with Crippen LogP contribution < -0.4 is 4.74 Å². The standard InChI is InChI=1S/C22H19ClN4OS/c23-18-7-9-20(10-8-18)28-15-4-16-29-22-26-25-21(17-11-13-24-14-12-17)27(22)19-5-2-1-3-6-19/h1-3,5-14H,4,15-16H2. The zero-order valence-electron chi connectivity index (χ0n) is 15.6. The minimum Gasteiger partial charge on any atom is -0.494 e. The number of rotatable bonds is 8. The molecule has 0 atom stereocenters. The largest absolute Gasteiger partial charge is 0.494 e. The normalized spacial score (nSPS) is 10.8. The second-order valence-electron chi connectivity index (χ2n) is 6.22. The van der Waals surface area contributed by atoms with Crippen LogP contribution in [0.15, 0.2) is 84.3 Å². The van der Waals surface area contributed by atoms with Crippen LogP contribution in [0.3, 0.4) is 0 Å². The lowest BCUT2D eigenvalue weighted by atomic mass is 10.2. The third-order valence-corrected chi connectivity index (χ3v) is 5.46. The SMILES string of the molecule is Clc1ccc(OCCCSc2nnc(-c3ccncc3)n2-c2ccccc2)cc1. The fraction of sp³-hybridized carbons (Fsp3) is 0.136. The van der Waals surface area contributed by atoms with E-state index in [-0.39, 0.29) is 0 Å². The van der Waals surface area contributed by atoms with Gasteiger partial charge in [0.05, 0.1) is 6.61 Å². The molecule has 5 nitrogen and oxygen atoms in total. The zero-order valence-corrected chi connectivity index (χ0v) is 17.2. The van der Waals surface area contributed by atoms with E-state index in [4.69, 9.17) is 16.3 Å². The number of nitrogens with zero attached hydrogens (tertiary/aromatic N) is 4. The maximum absolute atomic E-state index is 5.90. The molecule has 0 amide bonds. The highest BCUT2D eigenvalue weighted by Gasteiger charge is 2.15. The van der Waals surface area contributed by atoms with Gasteiger partial charge in [-0.25, -0.2) is 0 Å². The molecule has 0 radical (unpaired) electrons. The molecule has 0 fully saturated rings. The molecule has 2 aromatic carbocycles. The van der Waals surface area contributed by atoms with E-state index in [2.05, 4.69) is 31.9 Å². The Labute approximate surface area is 178 Å². The predicted molar refractivity (Wildman–Crippen MR) is 117 cm³/mol. The fourth-order valence-electron chi connectivity index (χ4n) is 2.80. The highest BCUT2D eigenvalue weighted by molar-refractivity contribution is 7.99. The van der Waals surface area contributed by atoms with E-state index < -0.39 is 0 Å². The molecular formula is C22H19ClN4OS. The summed E-state index contributed by atoms with van der Waals surface area (Å²) in [5.41, 5.74) is 2.01. The monoisotopic (exact) mass is 422 g/mol. The van der Waals surface area contributed by atoms with Crippen molar-refractivity contribution in [1.82, 2.24) is 19.7 Å². The van der Waals surface area contributed by atoms with Crippen molar-refractivity contribution in [2.24, 2.45) is 0 Å². The molecule has 2 aromatic heterocycles. The van der Waals surface area contributed by atoms with E-state index in [1.807, 2.05) is 54.6 Å². The molecule has 0 aliphatic rings.